The molecule has 3 nitrogen and oxygen atoms in total. The Kier molecular flexibility index (Phi) is 6.42. The summed E-state index contributed by atoms with van der Waals surface area (Å²) < 4.78 is 13.4. The lowest BCUT2D eigenvalue weighted by Crippen LogP contribution is -2.42. The number of piperidine rings is 1. The number of aliphatic hydroxyl groups excluding tert-OH is 1. The normalized spacial score (nSPS) is 15.5. The summed E-state index contributed by atoms with van der Waals surface area (Å²) in [6.45, 7) is 3.38. The molecule has 2 N–H and O–H groups in total. The van der Waals surface area contributed by atoms with E-state index in [-0.39, 0.29) is 12.4 Å². The Balaban J connectivity index is 1.52. The number of rotatable bonds is 7. The van der Waals surface area contributed by atoms with Gasteiger partial charge in [-0.25, -0.2) is 4.39 Å². The van der Waals surface area contributed by atoms with Crippen LogP contribution in [0.2, 0.25) is 0 Å². The highest BCUT2D eigenvalue weighted by atomic mass is 19.1. The third-order valence-corrected chi connectivity index (χ3v) is 4.90. The summed E-state index contributed by atoms with van der Waals surface area (Å²) in [6.07, 6.45) is 4.21. The van der Waals surface area contributed by atoms with Crippen LogP contribution in [0.1, 0.15) is 25.7 Å². The van der Waals surface area contributed by atoms with Crippen molar-refractivity contribution in [2.45, 2.75) is 31.7 Å². The number of halogens is 1. The molecule has 3 rings (SSSR count). The second kappa shape index (κ2) is 8.97. The molecule has 0 aromatic heterocycles. The second-order valence-corrected chi connectivity index (χ2v) is 6.70. The number of hydrogen-bond acceptors (Lipinski definition) is 3. The lowest BCUT2D eigenvalue weighted by molar-refractivity contribution is 0.281. The van der Waals surface area contributed by atoms with Crippen molar-refractivity contribution in [1.29, 1.82) is 0 Å². The molecule has 2 aromatic rings. The molecule has 1 saturated heterocycles. The van der Waals surface area contributed by atoms with Crippen molar-refractivity contribution < 1.29 is 9.50 Å². The Morgan fingerprint density at radius 1 is 1.00 bits per heavy atom. The number of nitrogens with one attached hydrogen (secondary N) is 1. The summed E-state index contributed by atoms with van der Waals surface area (Å²) >= 11 is 0. The molecule has 1 aliphatic heterocycles. The molecule has 0 amide bonds. The molecule has 1 aliphatic rings. The van der Waals surface area contributed by atoms with E-state index in [0.29, 0.717) is 6.04 Å². The highest BCUT2D eigenvalue weighted by Gasteiger charge is 2.18. The van der Waals surface area contributed by atoms with Crippen LogP contribution in [0.25, 0.3) is 11.1 Å². The first-order valence-corrected chi connectivity index (χ1v) is 9.21. The lowest BCUT2D eigenvalue weighted by atomic mass is 10.0. The minimum Gasteiger partial charge on any atom is -0.396 e. The highest BCUT2D eigenvalue weighted by Crippen LogP contribution is 2.25. The molecule has 0 bridgehead atoms. The SMILES string of the molecule is OCCCCNC1CCN(c2ccc(-c3cccc(F)c3)cc2)CC1. The van der Waals surface area contributed by atoms with Crippen molar-refractivity contribution in [3.63, 3.8) is 0 Å². The van der Waals surface area contributed by atoms with E-state index in [9.17, 15) is 4.39 Å². The molecule has 0 saturated carbocycles. The van der Waals surface area contributed by atoms with Gasteiger partial charge in [-0.15, -0.1) is 0 Å². The van der Waals surface area contributed by atoms with E-state index < -0.39 is 0 Å². The number of unbranched alkanes of at least 4 members (excludes halogenated alkanes) is 1. The van der Waals surface area contributed by atoms with Crippen LogP contribution >= 0.6 is 0 Å². The summed E-state index contributed by atoms with van der Waals surface area (Å²) in [7, 11) is 0. The summed E-state index contributed by atoms with van der Waals surface area (Å²) in [4.78, 5) is 2.42. The average Bonchev–Trinajstić information content (AvgIpc) is 2.66. The van der Waals surface area contributed by atoms with Crippen LogP contribution in [0.5, 0.6) is 0 Å². The van der Waals surface area contributed by atoms with Gasteiger partial charge >= 0.3 is 0 Å². The minimum atomic E-state index is -0.199. The average molecular weight is 342 g/mol. The summed E-state index contributed by atoms with van der Waals surface area (Å²) in [6, 6.07) is 15.7. The van der Waals surface area contributed by atoms with Gasteiger partial charge in [-0.3, -0.25) is 0 Å². The van der Waals surface area contributed by atoms with Gasteiger partial charge in [-0.2, -0.15) is 0 Å². The van der Waals surface area contributed by atoms with E-state index in [2.05, 4.69) is 34.5 Å². The Hall–Kier alpha value is -1.91. The Morgan fingerprint density at radius 2 is 1.76 bits per heavy atom. The van der Waals surface area contributed by atoms with E-state index in [1.165, 1.54) is 11.8 Å². The van der Waals surface area contributed by atoms with Crippen molar-refractivity contribution >= 4 is 5.69 Å². The van der Waals surface area contributed by atoms with Gasteiger partial charge in [0, 0.05) is 31.4 Å². The molecular formula is C21H27FN2O. The van der Waals surface area contributed by atoms with Gasteiger partial charge < -0.3 is 15.3 Å². The molecule has 134 valence electrons. The highest BCUT2D eigenvalue weighted by molar-refractivity contribution is 5.66. The quantitative estimate of drug-likeness (QED) is 0.751. The van der Waals surface area contributed by atoms with Gasteiger partial charge in [0.15, 0.2) is 0 Å². The van der Waals surface area contributed by atoms with Crippen molar-refractivity contribution in [2.24, 2.45) is 0 Å². The molecule has 0 spiro atoms. The summed E-state index contributed by atoms with van der Waals surface area (Å²) in [5.41, 5.74) is 3.19. The first-order chi connectivity index (χ1) is 12.3. The van der Waals surface area contributed by atoms with Crippen LogP contribution in [0.15, 0.2) is 48.5 Å². The number of anilines is 1. The molecule has 0 aliphatic carbocycles. The fourth-order valence-electron chi connectivity index (χ4n) is 3.42. The fourth-order valence-corrected chi connectivity index (χ4v) is 3.42. The predicted octanol–water partition coefficient (Wildman–Crippen LogP) is 3.82. The van der Waals surface area contributed by atoms with Crippen LogP contribution in [-0.4, -0.2) is 37.4 Å². The maximum Gasteiger partial charge on any atom is 0.123 e. The molecule has 0 atom stereocenters. The molecule has 1 fully saturated rings. The monoisotopic (exact) mass is 342 g/mol. The molecule has 0 unspecified atom stereocenters. The minimum absolute atomic E-state index is 0.199. The van der Waals surface area contributed by atoms with Crippen molar-refractivity contribution in [1.82, 2.24) is 5.32 Å². The molecule has 2 aromatic carbocycles. The Bertz CT molecular complexity index is 651. The molecule has 0 radical (unpaired) electrons. The third-order valence-electron chi connectivity index (χ3n) is 4.90. The summed E-state index contributed by atoms with van der Waals surface area (Å²) in [5, 5.41) is 12.4. The Morgan fingerprint density at radius 3 is 2.44 bits per heavy atom. The summed E-state index contributed by atoms with van der Waals surface area (Å²) in [5.74, 6) is -0.199. The molecule has 1 heterocycles. The van der Waals surface area contributed by atoms with E-state index in [1.807, 2.05) is 6.07 Å². The fraction of sp³-hybridized carbons (Fsp3) is 0.429. The second-order valence-electron chi connectivity index (χ2n) is 6.70. The maximum atomic E-state index is 13.4. The van der Waals surface area contributed by atoms with Gasteiger partial charge in [0.25, 0.3) is 0 Å². The van der Waals surface area contributed by atoms with Crippen LogP contribution in [0, 0.1) is 5.82 Å². The van der Waals surface area contributed by atoms with Crippen molar-refractivity contribution in [3.05, 3.63) is 54.3 Å². The molecular weight excluding hydrogens is 315 g/mol. The largest absolute Gasteiger partial charge is 0.396 e. The third kappa shape index (κ3) is 5.03. The zero-order chi connectivity index (χ0) is 17.5. The van der Waals surface area contributed by atoms with Gasteiger partial charge in [-0.05, 0) is 67.6 Å². The molecule has 25 heavy (non-hydrogen) atoms. The van der Waals surface area contributed by atoms with E-state index in [4.69, 9.17) is 5.11 Å². The van der Waals surface area contributed by atoms with E-state index >= 15 is 0 Å². The van der Waals surface area contributed by atoms with Crippen LogP contribution in [0.3, 0.4) is 0 Å². The van der Waals surface area contributed by atoms with Gasteiger partial charge in [0.05, 0.1) is 0 Å². The predicted molar refractivity (Wildman–Crippen MR) is 101 cm³/mol. The zero-order valence-electron chi connectivity index (χ0n) is 14.6. The lowest BCUT2D eigenvalue weighted by Gasteiger charge is -2.34. The van der Waals surface area contributed by atoms with Crippen LogP contribution in [-0.2, 0) is 0 Å². The Labute approximate surface area is 149 Å². The first kappa shape index (κ1) is 17.9. The number of benzene rings is 2. The van der Waals surface area contributed by atoms with Gasteiger partial charge in [0.1, 0.15) is 5.82 Å². The first-order valence-electron chi connectivity index (χ1n) is 9.21. The van der Waals surface area contributed by atoms with Gasteiger partial charge in [0.2, 0.25) is 0 Å². The number of hydrogen-bond donors (Lipinski definition) is 2. The van der Waals surface area contributed by atoms with Crippen LogP contribution in [0.4, 0.5) is 10.1 Å². The topological polar surface area (TPSA) is 35.5 Å². The maximum absolute atomic E-state index is 13.4. The van der Waals surface area contributed by atoms with Gasteiger partial charge in [-0.1, -0.05) is 24.3 Å². The molecule has 4 heteroatoms. The smallest absolute Gasteiger partial charge is 0.123 e. The number of aliphatic hydroxyl groups is 1. The zero-order valence-corrected chi connectivity index (χ0v) is 14.6. The van der Waals surface area contributed by atoms with E-state index in [0.717, 1.165) is 56.4 Å². The standard InChI is InChI=1S/C21H27FN2O/c22-19-5-3-4-18(16-19)17-6-8-21(9-7-17)24-13-10-20(11-14-24)23-12-1-2-15-25/h3-9,16,20,23,25H,1-2,10-15H2. The van der Waals surface area contributed by atoms with Crippen LogP contribution < -0.4 is 10.2 Å². The number of nitrogens with zero attached hydrogens (tertiary/aromatic N) is 1. The van der Waals surface area contributed by atoms with Crippen molar-refractivity contribution in [3.8, 4) is 11.1 Å². The van der Waals surface area contributed by atoms with E-state index in [1.54, 1.807) is 12.1 Å². The van der Waals surface area contributed by atoms with Crippen molar-refractivity contribution in [2.75, 3.05) is 31.1 Å².